The highest BCUT2D eigenvalue weighted by molar-refractivity contribution is 5.86. The van der Waals surface area contributed by atoms with Gasteiger partial charge in [-0.25, -0.2) is 0 Å². The predicted molar refractivity (Wildman–Crippen MR) is 60.8 cm³/mol. The molecule has 0 bridgehead atoms. The summed E-state index contributed by atoms with van der Waals surface area (Å²) in [6.45, 7) is 0. The highest BCUT2D eigenvalue weighted by Gasteiger charge is 2.16. The molecule has 0 radical (unpaired) electrons. The minimum Gasteiger partial charge on any atom is -0.361 e. The van der Waals surface area contributed by atoms with Gasteiger partial charge in [-0.1, -0.05) is 18.2 Å². The fraction of sp³-hybridized carbons (Fsp3) is 0.182. The molecule has 0 aliphatic carbocycles. The second-order valence-electron chi connectivity index (χ2n) is 3.60. The third-order valence-corrected chi connectivity index (χ3v) is 2.52. The summed E-state index contributed by atoms with van der Waals surface area (Å²) in [7, 11) is 0. The largest absolute Gasteiger partial charge is 0.361 e. The zero-order valence-corrected chi connectivity index (χ0v) is 8.51. The number of hydrogen-bond donors (Lipinski definition) is 2. The fourth-order valence-corrected chi connectivity index (χ4v) is 1.69. The summed E-state index contributed by atoms with van der Waals surface area (Å²) in [6.07, 6.45) is 2.11. The number of para-hydroxylation sites is 1. The molecule has 2 aromatic rings. The Balaban J connectivity index is 2.28. The zero-order valence-electron chi connectivity index (χ0n) is 8.51. The van der Waals surface area contributed by atoms with Crippen molar-refractivity contribution in [3.63, 3.8) is 0 Å². The van der Waals surface area contributed by atoms with Crippen molar-refractivity contribution in [3.8, 4) is 0 Å². The second-order valence-corrected chi connectivity index (χ2v) is 3.60. The fourth-order valence-electron chi connectivity index (χ4n) is 1.69. The van der Waals surface area contributed by atoms with Crippen LogP contribution in [0.1, 0.15) is 5.56 Å². The average molecular weight is 217 g/mol. The summed E-state index contributed by atoms with van der Waals surface area (Å²) in [6, 6.07) is 6.83. The molecule has 1 aromatic heterocycles. The lowest BCUT2D eigenvalue weighted by Crippen LogP contribution is -2.30. The van der Waals surface area contributed by atoms with Crippen molar-refractivity contribution in [2.75, 3.05) is 0 Å². The molecule has 5 nitrogen and oxygen atoms in total. The smallest absolute Gasteiger partial charge is 0.303 e. The molecule has 0 saturated heterocycles. The van der Waals surface area contributed by atoms with Crippen molar-refractivity contribution in [2.45, 2.75) is 12.5 Å². The number of nitrogens with one attached hydrogen (secondary N) is 1. The van der Waals surface area contributed by atoms with Crippen LogP contribution in [0.3, 0.4) is 0 Å². The van der Waals surface area contributed by atoms with E-state index in [0.29, 0.717) is 6.42 Å². The van der Waals surface area contributed by atoms with E-state index in [9.17, 15) is 9.70 Å². The predicted octanol–water partition coefficient (Wildman–Crippen LogP) is 1.33. The minimum atomic E-state index is -0.864. The molecule has 1 atom stereocenters. The van der Waals surface area contributed by atoms with E-state index in [4.69, 9.17) is 5.73 Å². The molecule has 1 heterocycles. The molecule has 2 rings (SSSR count). The Labute approximate surface area is 91.6 Å². The van der Waals surface area contributed by atoms with Crippen LogP contribution in [0.2, 0.25) is 0 Å². The molecule has 82 valence electrons. The number of carbonyl (C=O) groups is 1. The van der Waals surface area contributed by atoms with Gasteiger partial charge in [0, 0.05) is 22.3 Å². The first kappa shape index (κ1) is 10.5. The lowest BCUT2D eigenvalue weighted by molar-refractivity contribution is -0.119. The van der Waals surface area contributed by atoms with E-state index in [-0.39, 0.29) is 0 Å². The number of H-pyrrole nitrogens is 1. The summed E-state index contributed by atoms with van der Waals surface area (Å²) < 4.78 is 0. The molecule has 0 spiro atoms. The summed E-state index contributed by atoms with van der Waals surface area (Å²) in [4.78, 5) is 24.1. The van der Waals surface area contributed by atoms with Crippen LogP contribution in [-0.2, 0) is 11.2 Å². The van der Waals surface area contributed by atoms with Gasteiger partial charge in [0.1, 0.15) is 0 Å². The quantitative estimate of drug-likeness (QED) is 0.760. The van der Waals surface area contributed by atoms with Crippen molar-refractivity contribution < 1.29 is 4.79 Å². The standard InChI is InChI=1S/C11H11N3O2/c12-9(11(15)14-16)5-7-6-13-10-4-2-1-3-8(7)10/h1-4,6,9,13H,5,12H2. The van der Waals surface area contributed by atoms with E-state index in [1.54, 1.807) is 6.20 Å². The van der Waals surface area contributed by atoms with Crippen LogP contribution in [0.25, 0.3) is 10.9 Å². The Morgan fingerprint density at radius 2 is 2.19 bits per heavy atom. The monoisotopic (exact) mass is 217 g/mol. The topological polar surface area (TPSA) is 88.3 Å². The molecular weight excluding hydrogens is 206 g/mol. The third-order valence-electron chi connectivity index (χ3n) is 2.52. The molecule has 1 unspecified atom stereocenters. The van der Waals surface area contributed by atoms with Crippen LogP contribution in [0.4, 0.5) is 0 Å². The lowest BCUT2D eigenvalue weighted by atomic mass is 10.1. The number of nitroso groups, excluding NO2 is 1. The first-order chi connectivity index (χ1) is 7.72. The molecule has 1 aromatic carbocycles. The highest BCUT2D eigenvalue weighted by atomic mass is 16.3. The molecule has 16 heavy (non-hydrogen) atoms. The Bertz CT molecular complexity index is 533. The molecule has 5 heteroatoms. The summed E-state index contributed by atoms with van der Waals surface area (Å²) in [5.74, 6) is -0.815. The van der Waals surface area contributed by atoms with Crippen LogP contribution in [-0.4, -0.2) is 16.9 Å². The number of carbonyl (C=O) groups excluding carboxylic acids is 1. The summed E-state index contributed by atoms with van der Waals surface area (Å²) >= 11 is 0. The van der Waals surface area contributed by atoms with Crippen molar-refractivity contribution in [2.24, 2.45) is 10.9 Å². The highest BCUT2D eigenvalue weighted by Crippen LogP contribution is 2.18. The Hall–Kier alpha value is -2.01. The van der Waals surface area contributed by atoms with E-state index >= 15 is 0 Å². The molecule has 0 aliphatic heterocycles. The molecule has 0 fully saturated rings. The lowest BCUT2D eigenvalue weighted by Gasteiger charge is -2.03. The van der Waals surface area contributed by atoms with E-state index in [2.05, 4.69) is 10.2 Å². The van der Waals surface area contributed by atoms with Gasteiger partial charge in [0.05, 0.1) is 6.04 Å². The van der Waals surface area contributed by atoms with E-state index in [0.717, 1.165) is 16.5 Å². The summed E-state index contributed by atoms with van der Waals surface area (Å²) in [5.41, 5.74) is 7.45. The van der Waals surface area contributed by atoms with Gasteiger partial charge >= 0.3 is 5.91 Å². The van der Waals surface area contributed by atoms with E-state index < -0.39 is 11.9 Å². The van der Waals surface area contributed by atoms with Gasteiger partial charge in [-0.15, -0.1) is 4.91 Å². The average Bonchev–Trinajstić information content (AvgIpc) is 2.72. The number of benzene rings is 1. The van der Waals surface area contributed by atoms with Crippen molar-refractivity contribution >= 4 is 16.8 Å². The number of aromatic nitrogens is 1. The van der Waals surface area contributed by atoms with Crippen LogP contribution in [0.15, 0.2) is 35.6 Å². The second kappa shape index (κ2) is 4.24. The van der Waals surface area contributed by atoms with Crippen molar-refractivity contribution in [3.05, 3.63) is 40.9 Å². The van der Waals surface area contributed by atoms with Crippen LogP contribution >= 0.6 is 0 Å². The van der Waals surface area contributed by atoms with Gasteiger partial charge in [-0.2, -0.15) is 0 Å². The van der Waals surface area contributed by atoms with Gasteiger partial charge in [0.15, 0.2) is 0 Å². The molecule has 1 amide bonds. The zero-order chi connectivity index (χ0) is 11.5. The number of hydrogen-bond acceptors (Lipinski definition) is 3. The Morgan fingerprint density at radius 1 is 1.44 bits per heavy atom. The van der Waals surface area contributed by atoms with Gasteiger partial charge in [-0.3, -0.25) is 4.79 Å². The number of fused-ring (bicyclic) bond motifs is 1. The molecule has 0 saturated carbocycles. The van der Waals surface area contributed by atoms with Gasteiger partial charge in [0.2, 0.25) is 0 Å². The van der Waals surface area contributed by atoms with Gasteiger partial charge < -0.3 is 10.7 Å². The Kier molecular flexibility index (Phi) is 2.78. The number of rotatable bonds is 3. The van der Waals surface area contributed by atoms with Crippen molar-refractivity contribution in [1.82, 2.24) is 4.98 Å². The van der Waals surface area contributed by atoms with Gasteiger partial charge in [0.25, 0.3) is 0 Å². The van der Waals surface area contributed by atoms with Crippen LogP contribution in [0.5, 0.6) is 0 Å². The number of nitrogens with zero attached hydrogens (tertiary/aromatic N) is 1. The maximum absolute atomic E-state index is 11.0. The number of aromatic amines is 1. The maximum atomic E-state index is 11.0. The maximum Gasteiger partial charge on any atom is 0.303 e. The Morgan fingerprint density at radius 3 is 2.94 bits per heavy atom. The molecule has 0 aliphatic rings. The molecular formula is C11H11N3O2. The third kappa shape index (κ3) is 1.85. The van der Waals surface area contributed by atoms with E-state index in [1.165, 1.54) is 0 Å². The van der Waals surface area contributed by atoms with Gasteiger partial charge in [-0.05, 0) is 18.1 Å². The van der Waals surface area contributed by atoms with E-state index in [1.807, 2.05) is 24.3 Å². The van der Waals surface area contributed by atoms with Crippen LogP contribution < -0.4 is 5.73 Å². The SMILES string of the molecule is NC(Cc1c[nH]c2ccccc12)C(=O)N=O. The number of amides is 1. The van der Waals surface area contributed by atoms with Crippen LogP contribution in [0, 0.1) is 4.91 Å². The molecule has 3 N–H and O–H groups in total. The number of nitrogens with two attached hydrogens (primary N) is 1. The summed E-state index contributed by atoms with van der Waals surface area (Å²) in [5, 5.41) is 3.34. The minimum absolute atomic E-state index is 0.314. The normalized spacial score (nSPS) is 12.6. The first-order valence-corrected chi connectivity index (χ1v) is 4.90. The first-order valence-electron chi connectivity index (χ1n) is 4.90. The van der Waals surface area contributed by atoms with Crippen molar-refractivity contribution in [1.29, 1.82) is 0 Å².